The summed E-state index contributed by atoms with van der Waals surface area (Å²) in [7, 11) is 0. The van der Waals surface area contributed by atoms with Gasteiger partial charge in [-0.05, 0) is 36.5 Å². The van der Waals surface area contributed by atoms with E-state index in [0.717, 1.165) is 0 Å². The Kier molecular flexibility index (Phi) is 4.25. The standard InChI is InChI=1S/C10H12OS2/c1-8-5-3-4-6-9(8)7-11-10(12)13-2/h3-6H,7H2,1-2H3. The molecule has 70 valence electrons. The van der Waals surface area contributed by atoms with E-state index in [1.807, 2.05) is 18.4 Å². The van der Waals surface area contributed by atoms with Crippen LogP contribution in [0.15, 0.2) is 24.3 Å². The lowest BCUT2D eigenvalue weighted by Gasteiger charge is -2.07. The van der Waals surface area contributed by atoms with E-state index in [-0.39, 0.29) is 0 Å². The van der Waals surface area contributed by atoms with Gasteiger partial charge in [0.2, 0.25) is 4.38 Å². The second-order valence-electron chi connectivity index (χ2n) is 2.67. The Bertz CT molecular complexity index is 297. The van der Waals surface area contributed by atoms with Crippen LogP contribution in [-0.2, 0) is 11.3 Å². The summed E-state index contributed by atoms with van der Waals surface area (Å²) in [5, 5.41) is 0. The molecule has 0 aromatic heterocycles. The molecule has 0 aliphatic heterocycles. The van der Waals surface area contributed by atoms with Crippen LogP contribution in [0.2, 0.25) is 0 Å². The van der Waals surface area contributed by atoms with E-state index in [9.17, 15) is 0 Å². The lowest BCUT2D eigenvalue weighted by Crippen LogP contribution is -1.98. The van der Waals surface area contributed by atoms with Gasteiger partial charge in [-0.2, -0.15) is 0 Å². The van der Waals surface area contributed by atoms with E-state index in [0.29, 0.717) is 11.0 Å². The predicted octanol–water partition coefficient (Wildman–Crippen LogP) is 3.16. The summed E-state index contributed by atoms with van der Waals surface area (Å²) in [6.07, 6.45) is 1.92. The highest BCUT2D eigenvalue weighted by atomic mass is 32.2. The van der Waals surface area contributed by atoms with Gasteiger partial charge in [0.25, 0.3) is 0 Å². The minimum Gasteiger partial charge on any atom is -0.474 e. The molecule has 0 saturated carbocycles. The molecule has 1 rings (SSSR count). The average molecular weight is 212 g/mol. The van der Waals surface area contributed by atoms with Gasteiger partial charge in [-0.1, -0.05) is 36.0 Å². The summed E-state index contributed by atoms with van der Waals surface area (Å²) in [6, 6.07) is 8.15. The Morgan fingerprint density at radius 3 is 2.77 bits per heavy atom. The van der Waals surface area contributed by atoms with Gasteiger partial charge in [0.15, 0.2) is 0 Å². The van der Waals surface area contributed by atoms with E-state index in [1.54, 1.807) is 0 Å². The van der Waals surface area contributed by atoms with Crippen molar-refractivity contribution in [1.82, 2.24) is 0 Å². The van der Waals surface area contributed by atoms with Crippen LogP contribution in [0.4, 0.5) is 0 Å². The molecule has 1 aromatic rings. The summed E-state index contributed by atoms with van der Waals surface area (Å²) in [6.45, 7) is 2.65. The third kappa shape index (κ3) is 3.36. The summed E-state index contributed by atoms with van der Waals surface area (Å²) >= 11 is 6.40. The zero-order valence-electron chi connectivity index (χ0n) is 7.74. The molecule has 3 heteroatoms. The largest absolute Gasteiger partial charge is 0.474 e. The SMILES string of the molecule is CSC(=S)OCc1ccccc1C. The quantitative estimate of drug-likeness (QED) is 0.697. The molecule has 1 aromatic carbocycles. The van der Waals surface area contributed by atoms with Gasteiger partial charge < -0.3 is 4.74 Å². The Morgan fingerprint density at radius 1 is 1.46 bits per heavy atom. The fourth-order valence-corrected chi connectivity index (χ4v) is 1.20. The summed E-state index contributed by atoms with van der Waals surface area (Å²) in [5.74, 6) is 0. The van der Waals surface area contributed by atoms with Crippen molar-refractivity contribution in [2.75, 3.05) is 6.26 Å². The fourth-order valence-electron chi connectivity index (χ4n) is 0.968. The first-order valence-electron chi connectivity index (χ1n) is 3.99. The van der Waals surface area contributed by atoms with Crippen LogP contribution in [0.3, 0.4) is 0 Å². The Morgan fingerprint density at radius 2 is 2.15 bits per heavy atom. The van der Waals surface area contributed by atoms with Crippen molar-refractivity contribution in [1.29, 1.82) is 0 Å². The third-order valence-corrected chi connectivity index (χ3v) is 2.84. The second-order valence-corrected chi connectivity index (χ2v) is 4.08. The van der Waals surface area contributed by atoms with Crippen LogP contribution in [0.25, 0.3) is 0 Å². The van der Waals surface area contributed by atoms with Crippen LogP contribution in [-0.4, -0.2) is 10.6 Å². The molecule has 1 nitrogen and oxygen atoms in total. The van der Waals surface area contributed by atoms with Gasteiger partial charge in [-0.15, -0.1) is 0 Å². The van der Waals surface area contributed by atoms with E-state index in [1.165, 1.54) is 22.9 Å². The molecular weight excluding hydrogens is 200 g/mol. The van der Waals surface area contributed by atoms with Crippen molar-refractivity contribution in [3.8, 4) is 0 Å². The number of aryl methyl sites for hydroxylation is 1. The van der Waals surface area contributed by atoms with Crippen molar-refractivity contribution >= 4 is 28.4 Å². The van der Waals surface area contributed by atoms with E-state index < -0.39 is 0 Å². The molecule has 0 bridgehead atoms. The lowest BCUT2D eigenvalue weighted by molar-refractivity contribution is 0.309. The number of ether oxygens (including phenoxy) is 1. The van der Waals surface area contributed by atoms with Crippen LogP contribution >= 0.6 is 24.0 Å². The molecule has 0 amide bonds. The highest BCUT2D eigenvalue weighted by Crippen LogP contribution is 2.10. The molecule has 0 aliphatic carbocycles. The number of thiocarbonyl (C=S) groups is 1. The molecule has 0 saturated heterocycles. The van der Waals surface area contributed by atoms with Crippen LogP contribution in [0, 0.1) is 6.92 Å². The first-order chi connectivity index (χ1) is 6.24. The third-order valence-electron chi connectivity index (χ3n) is 1.77. The molecule has 0 heterocycles. The number of rotatable bonds is 2. The number of hydrogen-bond donors (Lipinski definition) is 0. The minimum absolute atomic E-state index is 0.576. The van der Waals surface area contributed by atoms with Crippen molar-refractivity contribution in [3.05, 3.63) is 35.4 Å². The molecule has 0 atom stereocenters. The zero-order chi connectivity index (χ0) is 9.68. The summed E-state index contributed by atoms with van der Waals surface area (Å²) in [4.78, 5) is 0. The van der Waals surface area contributed by atoms with Crippen molar-refractivity contribution in [2.45, 2.75) is 13.5 Å². The van der Waals surface area contributed by atoms with E-state index in [2.05, 4.69) is 19.1 Å². The van der Waals surface area contributed by atoms with Gasteiger partial charge in [-0.3, -0.25) is 0 Å². The Labute approximate surface area is 88.5 Å². The molecule has 0 fully saturated rings. The maximum Gasteiger partial charge on any atom is 0.220 e. The monoisotopic (exact) mass is 212 g/mol. The molecule has 0 spiro atoms. The molecule has 0 aliphatic rings. The van der Waals surface area contributed by atoms with E-state index >= 15 is 0 Å². The van der Waals surface area contributed by atoms with Crippen LogP contribution < -0.4 is 0 Å². The molecular formula is C10H12OS2. The molecule has 0 unspecified atom stereocenters. The number of thioether (sulfide) groups is 1. The van der Waals surface area contributed by atoms with Gasteiger partial charge in [0.05, 0.1) is 0 Å². The number of benzene rings is 1. The maximum atomic E-state index is 5.35. The molecule has 0 N–H and O–H groups in total. The minimum atomic E-state index is 0.576. The second kappa shape index (κ2) is 5.25. The Balaban J connectivity index is 2.54. The highest BCUT2D eigenvalue weighted by molar-refractivity contribution is 8.22. The average Bonchev–Trinajstić information content (AvgIpc) is 2.16. The number of hydrogen-bond acceptors (Lipinski definition) is 3. The van der Waals surface area contributed by atoms with Crippen LogP contribution in [0.1, 0.15) is 11.1 Å². The van der Waals surface area contributed by atoms with Gasteiger partial charge in [-0.25, -0.2) is 0 Å². The lowest BCUT2D eigenvalue weighted by atomic mass is 10.1. The predicted molar refractivity (Wildman–Crippen MR) is 62.1 cm³/mol. The van der Waals surface area contributed by atoms with Crippen molar-refractivity contribution < 1.29 is 4.74 Å². The van der Waals surface area contributed by atoms with Crippen molar-refractivity contribution in [3.63, 3.8) is 0 Å². The summed E-state index contributed by atoms with van der Waals surface area (Å²) < 4.78 is 5.95. The maximum absolute atomic E-state index is 5.35. The normalized spacial score (nSPS) is 9.69. The van der Waals surface area contributed by atoms with Gasteiger partial charge in [0, 0.05) is 0 Å². The smallest absolute Gasteiger partial charge is 0.220 e. The first kappa shape index (κ1) is 10.5. The van der Waals surface area contributed by atoms with Gasteiger partial charge >= 0.3 is 0 Å². The summed E-state index contributed by atoms with van der Waals surface area (Å²) in [5.41, 5.74) is 2.44. The van der Waals surface area contributed by atoms with Crippen LogP contribution in [0.5, 0.6) is 0 Å². The zero-order valence-corrected chi connectivity index (χ0v) is 9.37. The highest BCUT2D eigenvalue weighted by Gasteiger charge is 1.98. The van der Waals surface area contributed by atoms with Gasteiger partial charge in [0.1, 0.15) is 6.61 Å². The van der Waals surface area contributed by atoms with Crippen molar-refractivity contribution in [2.24, 2.45) is 0 Å². The van der Waals surface area contributed by atoms with E-state index in [4.69, 9.17) is 17.0 Å². The Hall–Kier alpha value is -0.540. The topological polar surface area (TPSA) is 9.23 Å². The molecule has 13 heavy (non-hydrogen) atoms. The molecule has 0 radical (unpaired) electrons. The first-order valence-corrected chi connectivity index (χ1v) is 5.62. The fraction of sp³-hybridized carbons (Fsp3) is 0.300.